The molecule has 0 saturated carbocycles. The van der Waals surface area contributed by atoms with Crippen molar-refractivity contribution in [3.63, 3.8) is 0 Å². The average Bonchev–Trinajstić information content (AvgIpc) is 2.04. The Kier molecular flexibility index (Phi) is 3.34. The lowest BCUT2D eigenvalue weighted by Gasteiger charge is -2.02. The quantitative estimate of drug-likeness (QED) is 0.649. The molecule has 3 heteroatoms. The van der Waals surface area contributed by atoms with Crippen LogP contribution in [0.15, 0.2) is 24.3 Å². The molecule has 11 heavy (non-hydrogen) atoms. The van der Waals surface area contributed by atoms with E-state index in [9.17, 15) is 0 Å². The van der Waals surface area contributed by atoms with Gasteiger partial charge in [0.2, 0.25) is 9.03 Å². The fraction of sp³-hybridized carbons (Fsp3) is 0.250. The van der Waals surface area contributed by atoms with Crippen LogP contribution in [0.4, 0.5) is 0 Å². The fourth-order valence-corrected chi connectivity index (χ4v) is 1.01. The topological polar surface area (TPSA) is 18.5 Å². The molecule has 0 aliphatic rings. The van der Waals surface area contributed by atoms with Crippen molar-refractivity contribution in [2.45, 2.75) is 6.92 Å². The fourth-order valence-electron chi connectivity index (χ4n) is 0.696. The maximum Gasteiger partial charge on any atom is 0.215 e. The lowest BCUT2D eigenvalue weighted by atomic mass is 10.2. The Bertz CT molecular complexity index is 208. The van der Waals surface area contributed by atoms with Gasteiger partial charge in [0.25, 0.3) is 0 Å². The molecule has 0 amide bonds. The minimum atomic E-state index is 0.0891. The smallest absolute Gasteiger partial charge is 0.215 e. The first kappa shape index (κ1) is 8.51. The van der Waals surface area contributed by atoms with Crippen molar-refractivity contribution in [2.75, 3.05) is 7.11 Å². The van der Waals surface area contributed by atoms with E-state index in [0.717, 1.165) is 5.75 Å². The molecule has 60 valence electrons. The molecule has 1 aromatic rings. The summed E-state index contributed by atoms with van der Waals surface area (Å²) >= 11 is 0. The van der Waals surface area contributed by atoms with Crippen molar-refractivity contribution in [3.8, 4) is 5.75 Å². The summed E-state index contributed by atoms with van der Waals surface area (Å²) < 4.78 is 10.00. The summed E-state index contributed by atoms with van der Waals surface area (Å²) in [5.41, 5.74) is 1.23. The Morgan fingerprint density at radius 1 is 1.18 bits per heavy atom. The molecular weight excluding hydrogens is 159 g/mol. The Balaban J connectivity index is 2.52. The van der Waals surface area contributed by atoms with Gasteiger partial charge in [0, 0.05) is 7.11 Å². The van der Waals surface area contributed by atoms with E-state index < -0.39 is 0 Å². The van der Waals surface area contributed by atoms with Gasteiger partial charge in [-0.15, -0.1) is 0 Å². The first-order valence-electron chi connectivity index (χ1n) is 3.34. The standard InChI is InChI=1S/C8H11O2P/c1-7-3-5-8(6-4-7)10-11-9-2/h3-6,11H,1-2H3. The largest absolute Gasteiger partial charge is 0.450 e. The number of benzene rings is 1. The second-order valence-corrected chi connectivity index (χ2v) is 2.98. The first-order chi connectivity index (χ1) is 5.33. The minimum absolute atomic E-state index is 0.0891. The Hall–Kier alpha value is -0.590. The normalized spacial score (nSPS) is 10.7. The number of hydrogen-bond acceptors (Lipinski definition) is 2. The van der Waals surface area contributed by atoms with Crippen LogP contribution in [-0.2, 0) is 4.52 Å². The molecule has 0 aliphatic heterocycles. The Morgan fingerprint density at radius 3 is 2.36 bits per heavy atom. The number of rotatable bonds is 3. The molecule has 0 bridgehead atoms. The third-order valence-electron chi connectivity index (χ3n) is 1.26. The summed E-state index contributed by atoms with van der Waals surface area (Å²) in [6.07, 6.45) is 0. The van der Waals surface area contributed by atoms with Crippen molar-refractivity contribution in [1.29, 1.82) is 0 Å². The van der Waals surface area contributed by atoms with E-state index in [-0.39, 0.29) is 9.03 Å². The minimum Gasteiger partial charge on any atom is -0.450 e. The van der Waals surface area contributed by atoms with Crippen LogP contribution in [0.3, 0.4) is 0 Å². The van der Waals surface area contributed by atoms with Crippen LogP contribution in [-0.4, -0.2) is 7.11 Å². The summed E-state index contributed by atoms with van der Waals surface area (Å²) in [4.78, 5) is 0. The molecule has 0 aromatic heterocycles. The summed E-state index contributed by atoms with van der Waals surface area (Å²) in [5.74, 6) is 0.857. The number of hydrogen-bond donors (Lipinski definition) is 0. The molecule has 0 aliphatic carbocycles. The molecule has 0 fully saturated rings. The predicted octanol–water partition coefficient (Wildman–Crippen LogP) is 2.53. The third-order valence-corrected chi connectivity index (χ3v) is 1.75. The molecule has 1 aromatic carbocycles. The highest BCUT2D eigenvalue weighted by atomic mass is 31.1. The van der Waals surface area contributed by atoms with E-state index in [1.807, 2.05) is 31.2 Å². The van der Waals surface area contributed by atoms with E-state index in [2.05, 4.69) is 0 Å². The zero-order chi connectivity index (χ0) is 8.10. The van der Waals surface area contributed by atoms with E-state index in [0.29, 0.717) is 0 Å². The second-order valence-electron chi connectivity index (χ2n) is 2.20. The van der Waals surface area contributed by atoms with Gasteiger partial charge in [0.05, 0.1) is 0 Å². The van der Waals surface area contributed by atoms with Gasteiger partial charge in [-0.2, -0.15) is 0 Å². The van der Waals surface area contributed by atoms with Crippen LogP contribution in [0.5, 0.6) is 5.75 Å². The summed E-state index contributed by atoms with van der Waals surface area (Å²) in [5, 5.41) is 0. The Labute approximate surface area is 68.5 Å². The van der Waals surface area contributed by atoms with Crippen molar-refractivity contribution < 1.29 is 9.05 Å². The van der Waals surface area contributed by atoms with Gasteiger partial charge < -0.3 is 9.05 Å². The molecule has 0 N–H and O–H groups in total. The molecule has 0 radical (unpaired) electrons. The SMILES string of the molecule is COPOc1ccc(C)cc1. The zero-order valence-electron chi connectivity index (χ0n) is 6.63. The van der Waals surface area contributed by atoms with Gasteiger partial charge in [-0.1, -0.05) is 17.7 Å². The van der Waals surface area contributed by atoms with E-state index in [4.69, 9.17) is 9.05 Å². The van der Waals surface area contributed by atoms with Gasteiger partial charge >= 0.3 is 0 Å². The highest BCUT2D eigenvalue weighted by Crippen LogP contribution is 2.20. The third kappa shape index (κ3) is 2.87. The molecule has 0 saturated heterocycles. The van der Waals surface area contributed by atoms with Crippen molar-refractivity contribution in [2.24, 2.45) is 0 Å². The van der Waals surface area contributed by atoms with Crippen LogP contribution in [0.2, 0.25) is 0 Å². The van der Waals surface area contributed by atoms with Gasteiger partial charge in [-0.25, -0.2) is 0 Å². The first-order valence-corrected chi connectivity index (χ1v) is 4.16. The molecule has 1 rings (SSSR count). The zero-order valence-corrected chi connectivity index (χ0v) is 7.63. The molecule has 0 heterocycles. The molecule has 2 nitrogen and oxygen atoms in total. The van der Waals surface area contributed by atoms with Crippen molar-refractivity contribution in [3.05, 3.63) is 29.8 Å². The van der Waals surface area contributed by atoms with E-state index in [1.165, 1.54) is 5.56 Å². The van der Waals surface area contributed by atoms with Crippen LogP contribution >= 0.6 is 9.03 Å². The average molecular weight is 170 g/mol. The second kappa shape index (κ2) is 4.32. The van der Waals surface area contributed by atoms with Crippen LogP contribution in [0.1, 0.15) is 5.56 Å². The number of aryl methyl sites for hydroxylation is 1. The summed E-state index contributed by atoms with van der Waals surface area (Å²) in [6, 6.07) is 7.88. The lowest BCUT2D eigenvalue weighted by molar-refractivity contribution is 0.417. The van der Waals surface area contributed by atoms with Crippen LogP contribution in [0.25, 0.3) is 0 Å². The van der Waals surface area contributed by atoms with Crippen LogP contribution < -0.4 is 4.52 Å². The highest BCUT2D eigenvalue weighted by Gasteiger charge is 1.90. The van der Waals surface area contributed by atoms with E-state index >= 15 is 0 Å². The lowest BCUT2D eigenvalue weighted by Crippen LogP contribution is -1.78. The molecule has 0 spiro atoms. The summed E-state index contributed by atoms with van der Waals surface area (Å²) in [6.45, 7) is 2.04. The molecule has 1 atom stereocenters. The van der Waals surface area contributed by atoms with Gasteiger partial charge in [-0.3, -0.25) is 0 Å². The van der Waals surface area contributed by atoms with Gasteiger partial charge in [-0.05, 0) is 19.1 Å². The van der Waals surface area contributed by atoms with Crippen molar-refractivity contribution in [1.82, 2.24) is 0 Å². The van der Waals surface area contributed by atoms with Crippen molar-refractivity contribution >= 4 is 9.03 Å². The predicted molar refractivity (Wildman–Crippen MR) is 47.1 cm³/mol. The van der Waals surface area contributed by atoms with Gasteiger partial charge in [0.1, 0.15) is 5.75 Å². The molecule has 1 unspecified atom stereocenters. The molecular formula is C8H11O2P. The highest BCUT2D eigenvalue weighted by molar-refractivity contribution is 7.26. The monoisotopic (exact) mass is 170 g/mol. The summed E-state index contributed by atoms with van der Waals surface area (Å²) in [7, 11) is 1.71. The van der Waals surface area contributed by atoms with Crippen LogP contribution in [0, 0.1) is 6.92 Å². The Morgan fingerprint density at radius 2 is 1.82 bits per heavy atom. The maximum atomic E-state index is 5.22. The van der Waals surface area contributed by atoms with Gasteiger partial charge in [0.15, 0.2) is 0 Å². The maximum absolute atomic E-state index is 5.22. The van der Waals surface area contributed by atoms with E-state index in [1.54, 1.807) is 7.11 Å².